The van der Waals surface area contributed by atoms with Crippen LogP contribution in [0.5, 0.6) is 0 Å². The predicted octanol–water partition coefficient (Wildman–Crippen LogP) is 1.79. The molecule has 0 saturated heterocycles. The summed E-state index contributed by atoms with van der Waals surface area (Å²) in [6.07, 6.45) is 1.16. The summed E-state index contributed by atoms with van der Waals surface area (Å²) in [5.41, 5.74) is 2.69. The van der Waals surface area contributed by atoms with Crippen molar-refractivity contribution in [2.75, 3.05) is 0 Å². The van der Waals surface area contributed by atoms with Gasteiger partial charge in [0.1, 0.15) is 6.34 Å². The first-order valence-electron chi connectivity index (χ1n) is 3.29. The Morgan fingerprint density at radius 2 is 2.42 bits per heavy atom. The molecule has 0 aromatic carbocycles. The van der Waals surface area contributed by atoms with Crippen molar-refractivity contribution in [3.63, 3.8) is 0 Å². The Bertz CT molecular complexity index is 301. The first kappa shape index (κ1) is 9.15. The highest BCUT2D eigenvalue weighted by atomic mass is 79.9. The van der Waals surface area contributed by atoms with Crippen molar-refractivity contribution in [1.82, 2.24) is 10.5 Å². The van der Waals surface area contributed by atoms with E-state index in [4.69, 9.17) is 5.21 Å². The van der Waals surface area contributed by atoms with Crippen LogP contribution >= 0.6 is 15.9 Å². The molecule has 64 valence electrons. The highest BCUT2D eigenvalue weighted by Crippen LogP contribution is 2.21. The molecule has 0 radical (unpaired) electrons. The molecule has 4 nitrogen and oxygen atoms in total. The van der Waals surface area contributed by atoms with Crippen LogP contribution in [-0.4, -0.2) is 16.5 Å². The molecule has 1 aromatic rings. The number of aliphatic imine (C=N–C) groups is 1. The lowest BCUT2D eigenvalue weighted by atomic mass is 10.4. The van der Waals surface area contributed by atoms with E-state index in [9.17, 15) is 0 Å². The van der Waals surface area contributed by atoms with Gasteiger partial charge >= 0.3 is 0 Å². The fourth-order valence-electron chi connectivity index (χ4n) is 0.707. The molecule has 0 saturated carbocycles. The average Bonchev–Trinajstić information content (AvgIpc) is 2.07. The van der Waals surface area contributed by atoms with Gasteiger partial charge in [-0.25, -0.2) is 9.98 Å². The van der Waals surface area contributed by atoms with Crippen LogP contribution in [0.25, 0.3) is 0 Å². The molecule has 1 aromatic heterocycles. The molecule has 12 heavy (non-hydrogen) atoms. The average molecular weight is 230 g/mol. The molecule has 0 bridgehead atoms. The summed E-state index contributed by atoms with van der Waals surface area (Å²) in [5, 5.41) is 8.25. The van der Waals surface area contributed by atoms with Crippen molar-refractivity contribution in [2.45, 2.75) is 6.92 Å². The SMILES string of the molecule is Cc1ccc(Br)c(N=CNO)n1. The standard InChI is InChI=1S/C7H8BrN3O/c1-5-2-3-6(8)7(11-5)9-4-10-12/h2-4,12H,1H3,(H,9,10,11). The zero-order chi connectivity index (χ0) is 8.97. The molecule has 0 aliphatic rings. The van der Waals surface area contributed by atoms with Crippen LogP contribution in [0, 0.1) is 6.92 Å². The number of halogens is 1. The second-order valence-electron chi connectivity index (χ2n) is 2.15. The second-order valence-corrected chi connectivity index (χ2v) is 3.00. The Kier molecular flexibility index (Phi) is 3.19. The number of nitrogens with one attached hydrogen (secondary N) is 1. The summed E-state index contributed by atoms with van der Waals surface area (Å²) in [4.78, 5) is 7.96. The highest BCUT2D eigenvalue weighted by Gasteiger charge is 1.97. The van der Waals surface area contributed by atoms with Crippen LogP contribution in [0.15, 0.2) is 21.6 Å². The zero-order valence-electron chi connectivity index (χ0n) is 6.45. The second kappa shape index (κ2) is 4.18. The van der Waals surface area contributed by atoms with Crippen LogP contribution in [0.1, 0.15) is 5.69 Å². The van der Waals surface area contributed by atoms with E-state index in [1.807, 2.05) is 24.5 Å². The largest absolute Gasteiger partial charge is 0.290 e. The monoisotopic (exact) mass is 229 g/mol. The van der Waals surface area contributed by atoms with E-state index < -0.39 is 0 Å². The number of nitrogens with zero attached hydrogens (tertiary/aromatic N) is 2. The molecule has 0 aliphatic heterocycles. The minimum Gasteiger partial charge on any atom is -0.290 e. The third kappa shape index (κ3) is 2.28. The molecular formula is C7H8BrN3O. The van der Waals surface area contributed by atoms with Gasteiger partial charge in [0.05, 0.1) is 4.47 Å². The lowest BCUT2D eigenvalue weighted by Crippen LogP contribution is -2.01. The molecule has 2 N–H and O–H groups in total. The maximum atomic E-state index is 8.25. The zero-order valence-corrected chi connectivity index (χ0v) is 8.04. The summed E-state index contributed by atoms with van der Waals surface area (Å²) >= 11 is 3.27. The molecule has 0 amide bonds. The molecule has 0 spiro atoms. The summed E-state index contributed by atoms with van der Waals surface area (Å²) in [5.74, 6) is 0.538. The van der Waals surface area contributed by atoms with Crippen LogP contribution < -0.4 is 5.48 Å². The van der Waals surface area contributed by atoms with E-state index in [-0.39, 0.29) is 0 Å². The Morgan fingerprint density at radius 1 is 1.67 bits per heavy atom. The number of hydrogen-bond acceptors (Lipinski definition) is 3. The lowest BCUT2D eigenvalue weighted by Gasteiger charge is -1.97. The van der Waals surface area contributed by atoms with Crippen molar-refractivity contribution in [1.29, 1.82) is 0 Å². The number of pyridine rings is 1. The number of aryl methyl sites for hydroxylation is 1. The lowest BCUT2D eigenvalue weighted by molar-refractivity contribution is 0.240. The van der Waals surface area contributed by atoms with Gasteiger partial charge in [0.25, 0.3) is 0 Å². The van der Waals surface area contributed by atoms with Crippen molar-refractivity contribution in [2.24, 2.45) is 4.99 Å². The highest BCUT2D eigenvalue weighted by molar-refractivity contribution is 9.10. The van der Waals surface area contributed by atoms with Gasteiger partial charge in [0.15, 0.2) is 5.82 Å². The maximum absolute atomic E-state index is 8.25. The summed E-state index contributed by atoms with van der Waals surface area (Å²) in [7, 11) is 0. The maximum Gasteiger partial charge on any atom is 0.168 e. The molecule has 0 fully saturated rings. The Labute approximate surface area is 78.4 Å². The van der Waals surface area contributed by atoms with Gasteiger partial charge in [-0.3, -0.25) is 10.7 Å². The van der Waals surface area contributed by atoms with Crippen molar-refractivity contribution in [3.05, 3.63) is 22.3 Å². The molecule has 0 aliphatic carbocycles. The molecule has 1 heterocycles. The molecular weight excluding hydrogens is 222 g/mol. The van der Waals surface area contributed by atoms with Crippen LogP contribution in [0.4, 0.5) is 5.82 Å². The van der Waals surface area contributed by atoms with Gasteiger partial charge in [0.2, 0.25) is 0 Å². The van der Waals surface area contributed by atoms with E-state index in [1.165, 1.54) is 0 Å². The van der Waals surface area contributed by atoms with Crippen LogP contribution in [0.3, 0.4) is 0 Å². The molecule has 1 rings (SSSR count). The number of hydroxylamine groups is 1. The normalized spacial score (nSPS) is 10.6. The Hall–Kier alpha value is -0.940. The summed E-state index contributed by atoms with van der Waals surface area (Å²) in [6.45, 7) is 1.87. The molecule has 0 unspecified atom stereocenters. The van der Waals surface area contributed by atoms with Crippen LogP contribution in [-0.2, 0) is 0 Å². The number of rotatable bonds is 2. The van der Waals surface area contributed by atoms with E-state index in [2.05, 4.69) is 25.9 Å². The number of hydrogen-bond donors (Lipinski definition) is 2. The fraction of sp³-hybridized carbons (Fsp3) is 0.143. The first-order valence-corrected chi connectivity index (χ1v) is 4.08. The minimum atomic E-state index is 0.538. The smallest absolute Gasteiger partial charge is 0.168 e. The van der Waals surface area contributed by atoms with Gasteiger partial charge in [-0.1, -0.05) is 0 Å². The Balaban J connectivity index is 2.97. The van der Waals surface area contributed by atoms with E-state index >= 15 is 0 Å². The van der Waals surface area contributed by atoms with E-state index in [0.717, 1.165) is 16.5 Å². The van der Waals surface area contributed by atoms with Gasteiger partial charge in [0, 0.05) is 5.69 Å². The summed E-state index contributed by atoms with van der Waals surface area (Å²) < 4.78 is 0.791. The first-order chi connectivity index (χ1) is 5.74. The fourth-order valence-corrected chi connectivity index (χ4v) is 1.03. The summed E-state index contributed by atoms with van der Waals surface area (Å²) in [6, 6.07) is 3.72. The topological polar surface area (TPSA) is 57.5 Å². The van der Waals surface area contributed by atoms with Gasteiger partial charge in [-0.05, 0) is 35.0 Å². The predicted molar refractivity (Wildman–Crippen MR) is 49.7 cm³/mol. The van der Waals surface area contributed by atoms with Gasteiger partial charge in [-0.2, -0.15) is 0 Å². The van der Waals surface area contributed by atoms with E-state index in [0.29, 0.717) is 5.82 Å². The van der Waals surface area contributed by atoms with Crippen molar-refractivity contribution in [3.8, 4) is 0 Å². The van der Waals surface area contributed by atoms with Crippen molar-refractivity contribution < 1.29 is 5.21 Å². The van der Waals surface area contributed by atoms with Crippen molar-refractivity contribution >= 4 is 28.1 Å². The van der Waals surface area contributed by atoms with Gasteiger partial charge in [-0.15, -0.1) is 0 Å². The quantitative estimate of drug-likeness (QED) is 0.462. The number of aromatic nitrogens is 1. The van der Waals surface area contributed by atoms with E-state index in [1.54, 1.807) is 0 Å². The molecule has 5 heteroatoms. The Morgan fingerprint density at radius 3 is 3.08 bits per heavy atom. The van der Waals surface area contributed by atoms with Gasteiger partial charge < -0.3 is 0 Å². The molecule has 0 atom stereocenters. The third-order valence-corrected chi connectivity index (χ3v) is 1.83. The minimum absolute atomic E-state index is 0.538. The van der Waals surface area contributed by atoms with Crippen LogP contribution in [0.2, 0.25) is 0 Å². The third-order valence-electron chi connectivity index (χ3n) is 1.21.